The van der Waals surface area contributed by atoms with E-state index in [1.165, 1.54) is 36.1 Å². The first-order chi connectivity index (χ1) is 19.4. The molecule has 4 aliphatic carbocycles. The average molecular weight is 543 g/mol. The number of piperidine rings is 1. The molecule has 212 valence electrons. The van der Waals surface area contributed by atoms with Gasteiger partial charge in [-0.05, 0) is 117 Å². The molecule has 3 fully saturated rings. The van der Waals surface area contributed by atoms with Crippen LogP contribution in [0.2, 0.25) is 0 Å². The van der Waals surface area contributed by atoms with Crippen molar-refractivity contribution in [3.05, 3.63) is 52.6 Å². The first kappa shape index (κ1) is 27.3. The minimum atomic E-state index is -1.08. The summed E-state index contributed by atoms with van der Waals surface area (Å²) in [6, 6.07) is 9.13. The van der Waals surface area contributed by atoms with Crippen molar-refractivity contribution in [2.45, 2.75) is 97.1 Å². The molecular weight excluding hydrogens is 499 g/mol. The summed E-state index contributed by atoms with van der Waals surface area (Å²) in [6.07, 6.45) is 9.27. The van der Waals surface area contributed by atoms with Crippen LogP contribution in [-0.4, -0.2) is 36.0 Å². The van der Waals surface area contributed by atoms with Gasteiger partial charge >= 0.3 is 0 Å². The van der Waals surface area contributed by atoms with Gasteiger partial charge in [0.25, 0.3) is 0 Å². The molecule has 1 aromatic rings. The van der Waals surface area contributed by atoms with Crippen molar-refractivity contribution in [3.8, 4) is 11.8 Å². The monoisotopic (exact) mass is 542 g/mol. The summed E-state index contributed by atoms with van der Waals surface area (Å²) in [5.74, 6) is 7.30. The Labute approximate surface area is 238 Å². The number of halogens is 1. The normalized spacial score (nSPS) is 36.2. The van der Waals surface area contributed by atoms with E-state index in [2.05, 4.69) is 53.1 Å². The number of rotatable bonds is 4. The van der Waals surface area contributed by atoms with Crippen LogP contribution < -0.4 is 4.90 Å². The topological polar surface area (TPSA) is 52.9 Å². The lowest BCUT2D eigenvalue weighted by atomic mass is 9.48. The molecule has 1 N–H and O–H groups in total. The smallest absolute Gasteiger partial charge is 0.151 e. The molecule has 2 saturated carbocycles. The Morgan fingerprint density at radius 3 is 2.60 bits per heavy atom. The van der Waals surface area contributed by atoms with Crippen LogP contribution in [0.25, 0.3) is 0 Å². The van der Waals surface area contributed by atoms with Crippen LogP contribution >= 0.6 is 0 Å². The number of alkyl halides is 1. The lowest BCUT2D eigenvalue weighted by molar-refractivity contribution is -0.132. The van der Waals surface area contributed by atoms with E-state index in [9.17, 15) is 10.0 Å². The number of hydrogen-bond acceptors (Lipinski definition) is 4. The van der Waals surface area contributed by atoms with Crippen molar-refractivity contribution in [1.29, 1.82) is 0 Å². The Morgan fingerprint density at radius 2 is 1.93 bits per heavy atom. The van der Waals surface area contributed by atoms with Crippen molar-refractivity contribution in [2.24, 2.45) is 27.8 Å². The number of benzene rings is 1. The second kappa shape index (κ2) is 10.5. The van der Waals surface area contributed by atoms with Gasteiger partial charge in [-0.2, -0.15) is 0 Å². The number of carbonyl (C=O) groups excluding carboxylic acids is 1. The fourth-order valence-corrected chi connectivity index (χ4v) is 9.37. The first-order valence-electron chi connectivity index (χ1n) is 15.5. The number of ketones is 1. The molecular formula is C35H43FN2O2. The summed E-state index contributed by atoms with van der Waals surface area (Å²) in [6.45, 7) is 8.33. The summed E-state index contributed by atoms with van der Waals surface area (Å²) in [5, 5.41) is 12.9. The maximum atomic E-state index is 16.0. The third-order valence-corrected chi connectivity index (χ3v) is 11.2. The number of anilines is 1. The number of allylic oxidation sites excluding steroid dienone is 4. The largest absolute Gasteiger partial charge is 0.411 e. The zero-order valence-electron chi connectivity index (χ0n) is 24.3. The Balaban J connectivity index is 1.50. The maximum Gasteiger partial charge on any atom is 0.151 e. The van der Waals surface area contributed by atoms with Crippen molar-refractivity contribution < 1.29 is 14.4 Å². The molecule has 4 nitrogen and oxygen atoms in total. The van der Waals surface area contributed by atoms with Crippen molar-refractivity contribution in [2.75, 3.05) is 18.0 Å². The second-order valence-electron chi connectivity index (χ2n) is 13.0. The number of carbonyl (C=O) groups is 1. The van der Waals surface area contributed by atoms with Crippen LogP contribution in [0.3, 0.4) is 0 Å². The van der Waals surface area contributed by atoms with E-state index in [1.54, 1.807) is 6.08 Å². The molecule has 5 aliphatic rings. The lowest BCUT2D eigenvalue weighted by Crippen LogP contribution is -2.51. The molecule has 1 aromatic carbocycles. The molecule has 1 saturated heterocycles. The molecule has 1 heterocycles. The maximum absolute atomic E-state index is 16.0. The molecule has 0 radical (unpaired) electrons. The van der Waals surface area contributed by atoms with E-state index in [4.69, 9.17) is 0 Å². The number of nitrogens with zero attached hydrogens (tertiary/aromatic N) is 2. The Hall–Kier alpha value is -2.87. The highest BCUT2D eigenvalue weighted by Crippen LogP contribution is 2.70. The van der Waals surface area contributed by atoms with Crippen LogP contribution in [0, 0.1) is 34.5 Å². The molecule has 0 aromatic heterocycles. The number of hydrogen-bond donors (Lipinski definition) is 1. The predicted octanol–water partition coefficient (Wildman–Crippen LogP) is 7.77. The molecule has 5 heteroatoms. The summed E-state index contributed by atoms with van der Waals surface area (Å²) in [4.78, 5) is 16.2. The first-order valence-corrected chi connectivity index (χ1v) is 15.5. The molecule has 0 amide bonds. The van der Waals surface area contributed by atoms with Gasteiger partial charge in [-0.3, -0.25) is 4.79 Å². The zero-order chi connectivity index (χ0) is 28.1. The molecule has 6 rings (SSSR count). The SMILES string of the molecule is CC#C[C@]1(C(=O)CC)CC[C@H]2[C@@H]3CC(F)C4=CC(=NO)CCC4=C3[C@@H](c3ccc(N4CCCCC4)cc3)C[C@@]21C. The second-order valence-corrected chi connectivity index (χ2v) is 13.0. The van der Waals surface area contributed by atoms with Gasteiger partial charge < -0.3 is 10.1 Å². The van der Waals surface area contributed by atoms with E-state index < -0.39 is 11.6 Å². The van der Waals surface area contributed by atoms with Crippen LogP contribution in [0.15, 0.2) is 52.2 Å². The summed E-state index contributed by atoms with van der Waals surface area (Å²) in [5.41, 5.74) is 5.36. The minimum absolute atomic E-state index is 0.0884. The fourth-order valence-electron chi connectivity index (χ4n) is 9.37. The van der Waals surface area contributed by atoms with Crippen molar-refractivity contribution >= 4 is 17.2 Å². The number of Topliss-reactive ketones (excluding diaryl/α,β-unsaturated/α-hetero) is 1. The number of fused-ring (bicyclic) bond motifs is 4. The van der Waals surface area contributed by atoms with Gasteiger partial charge in [0.2, 0.25) is 0 Å². The molecule has 0 bridgehead atoms. The zero-order valence-corrected chi connectivity index (χ0v) is 24.3. The van der Waals surface area contributed by atoms with Crippen molar-refractivity contribution in [1.82, 2.24) is 0 Å². The molecule has 40 heavy (non-hydrogen) atoms. The third kappa shape index (κ3) is 4.08. The summed E-state index contributed by atoms with van der Waals surface area (Å²) < 4.78 is 16.0. The summed E-state index contributed by atoms with van der Waals surface area (Å²) >= 11 is 0. The molecule has 6 atom stereocenters. The number of oxime groups is 1. The predicted molar refractivity (Wildman–Crippen MR) is 158 cm³/mol. The molecule has 1 unspecified atom stereocenters. The molecule has 0 spiro atoms. The van der Waals surface area contributed by atoms with Gasteiger partial charge in [0.05, 0.1) is 11.1 Å². The van der Waals surface area contributed by atoms with E-state index >= 15 is 4.39 Å². The Bertz CT molecular complexity index is 1330. The van der Waals surface area contributed by atoms with Crippen LogP contribution in [0.5, 0.6) is 0 Å². The van der Waals surface area contributed by atoms with Gasteiger partial charge in [-0.1, -0.05) is 42.6 Å². The average Bonchev–Trinajstić information content (AvgIpc) is 3.29. The van der Waals surface area contributed by atoms with E-state index in [0.29, 0.717) is 37.0 Å². The highest BCUT2D eigenvalue weighted by molar-refractivity contribution is 5.97. The Kier molecular flexibility index (Phi) is 7.18. The quantitative estimate of drug-likeness (QED) is 0.240. The van der Waals surface area contributed by atoms with Gasteiger partial charge in [0.15, 0.2) is 5.78 Å². The van der Waals surface area contributed by atoms with E-state index in [1.807, 2.05) is 13.8 Å². The van der Waals surface area contributed by atoms with Crippen LogP contribution in [-0.2, 0) is 4.79 Å². The lowest BCUT2D eigenvalue weighted by Gasteiger charge is -2.55. The van der Waals surface area contributed by atoms with Gasteiger partial charge in [-0.15, -0.1) is 5.92 Å². The van der Waals surface area contributed by atoms with Gasteiger partial charge in [0, 0.05) is 31.1 Å². The molecule has 1 aliphatic heterocycles. The van der Waals surface area contributed by atoms with Crippen LogP contribution in [0.4, 0.5) is 10.1 Å². The van der Waals surface area contributed by atoms with Crippen molar-refractivity contribution in [3.63, 3.8) is 0 Å². The highest BCUT2D eigenvalue weighted by Gasteiger charge is 2.65. The third-order valence-electron chi connectivity index (χ3n) is 11.2. The minimum Gasteiger partial charge on any atom is -0.411 e. The van der Waals surface area contributed by atoms with E-state index in [0.717, 1.165) is 37.9 Å². The van der Waals surface area contributed by atoms with Gasteiger partial charge in [-0.25, -0.2) is 4.39 Å². The Morgan fingerprint density at radius 1 is 1.18 bits per heavy atom. The van der Waals surface area contributed by atoms with Gasteiger partial charge in [0.1, 0.15) is 6.17 Å². The standard InChI is InChI=1S/C35H43FN2O2/c1-4-16-35(32(39)5-2)17-15-30-28-21-31(36)27-20-24(37-40)11-14-26(27)33(28)29(22-34(30,35)3)23-9-12-25(13-10-23)38-18-7-6-8-19-38/h9-10,12-13,20,28-31,40H,5-8,11,14-15,17-19,21-22H2,1-3H3/t28-,29+,30-,31?,34-,35+/m0/s1. The fraction of sp³-hybridized carbons (Fsp3) is 0.600. The highest BCUT2D eigenvalue weighted by atomic mass is 19.1. The van der Waals surface area contributed by atoms with Crippen LogP contribution in [0.1, 0.15) is 96.5 Å². The van der Waals surface area contributed by atoms with E-state index in [-0.39, 0.29) is 29.0 Å². The summed E-state index contributed by atoms with van der Waals surface area (Å²) in [7, 11) is 0.